The lowest BCUT2D eigenvalue weighted by Gasteiger charge is -2.09. The second-order valence-electron chi connectivity index (χ2n) is 4.70. The standard InChI is InChI=1S/C17H17NO6/c1-2-22-17(19)13-6-8-15(9-7-13)23-10-11-24-16-5-3-4-14(12-16)18(20)21/h3-9,12H,2,10-11H2,1H3. The van der Waals surface area contributed by atoms with Gasteiger partial charge in [0, 0.05) is 6.07 Å². The zero-order valence-corrected chi connectivity index (χ0v) is 13.1. The first-order valence-corrected chi connectivity index (χ1v) is 7.37. The number of esters is 1. The van der Waals surface area contributed by atoms with Gasteiger partial charge in [0.1, 0.15) is 24.7 Å². The Morgan fingerprint density at radius 2 is 1.71 bits per heavy atom. The first kappa shape index (κ1) is 17.3. The van der Waals surface area contributed by atoms with Crippen LogP contribution in [0.4, 0.5) is 5.69 Å². The molecule has 0 bridgehead atoms. The fraction of sp³-hybridized carbons (Fsp3) is 0.235. The molecule has 0 N–H and O–H groups in total. The first-order valence-electron chi connectivity index (χ1n) is 7.37. The van der Waals surface area contributed by atoms with Crippen LogP contribution >= 0.6 is 0 Å². The van der Waals surface area contributed by atoms with Gasteiger partial charge in [0.15, 0.2) is 0 Å². The van der Waals surface area contributed by atoms with Crippen LogP contribution < -0.4 is 9.47 Å². The van der Waals surface area contributed by atoms with Crippen LogP contribution in [0.5, 0.6) is 11.5 Å². The van der Waals surface area contributed by atoms with Crippen LogP contribution in [0.15, 0.2) is 48.5 Å². The third-order valence-corrected chi connectivity index (χ3v) is 3.01. The van der Waals surface area contributed by atoms with E-state index in [1.165, 1.54) is 12.1 Å². The summed E-state index contributed by atoms with van der Waals surface area (Å²) in [6.07, 6.45) is 0. The molecule has 0 fully saturated rings. The van der Waals surface area contributed by atoms with Crippen molar-refractivity contribution in [1.29, 1.82) is 0 Å². The van der Waals surface area contributed by atoms with E-state index in [0.29, 0.717) is 23.7 Å². The minimum Gasteiger partial charge on any atom is -0.490 e. The zero-order chi connectivity index (χ0) is 17.4. The minimum atomic E-state index is -0.478. The summed E-state index contributed by atoms with van der Waals surface area (Å²) in [6, 6.07) is 12.5. The summed E-state index contributed by atoms with van der Waals surface area (Å²) in [5.74, 6) is 0.620. The van der Waals surface area contributed by atoms with Gasteiger partial charge in [-0.05, 0) is 37.3 Å². The largest absolute Gasteiger partial charge is 0.490 e. The second kappa shape index (κ2) is 8.52. The zero-order valence-electron chi connectivity index (χ0n) is 13.1. The predicted octanol–water partition coefficient (Wildman–Crippen LogP) is 3.23. The molecule has 0 saturated carbocycles. The lowest BCUT2D eigenvalue weighted by molar-refractivity contribution is -0.384. The summed E-state index contributed by atoms with van der Waals surface area (Å²) in [4.78, 5) is 21.7. The lowest BCUT2D eigenvalue weighted by atomic mass is 10.2. The average Bonchev–Trinajstić information content (AvgIpc) is 2.60. The van der Waals surface area contributed by atoms with E-state index < -0.39 is 4.92 Å². The van der Waals surface area contributed by atoms with Gasteiger partial charge >= 0.3 is 5.97 Å². The summed E-state index contributed by atoms with van der Waals surface area (Å²) in [5, 5.41) is 10.7. The maximum absolute atomic E-state index is 11.5. The number of non-ortho nitro benzene ring substituents is 1. The molecule has 0 aromatic heterocycles. The molecular formula is C17H17NO6. The molecule has 0 amide bonds. The highest BCUT2D eigenvalue weighted by atomic mass is 16.6. The van der Waals surface area contributed by atoms with Crippen molar-refractivity contribution in [3.63, 3.8) is 0 Å². The van der Waals surface area contributed by atoms with Crippen molar-refractivity contribution in [1.82, 2.24) is 0 Å². The predicted molar refractivity (Wildman–Crippen MR) is 86.5 cm³/mol. The van der Waals surface area contributed by atoms with Crippen LogP contribution in [-0.2, 0) is 4.74 Å². The number of nitro benzene ring substituents is 1. The molecule has 2 aromatic rings. The number of hydrogen-bond acceptors (Lipinski definition) is 6. The van der Waals surface area contributed by atoms with Gasteiger partial charge in [-0.15, -0.1) is 0 Å². The van der Waals surface area contributed by atoms with E-state index in [4.69, 9.17) is 14.2 Å². The maximum Gasteiger partial charge on any atom is 0.338 e. The third-order valence-electron chi connectivity index (χ3n) is 3.01. The number of carbonyl (C=O) groups excluding carboxylic acids is 1. The fourth-order valence-electron chi connectivity index (χ4n) is 1.91. The van der Waals surface area contributed by atoms with Crippen LogP contribution in [0.2, 0.25) is 0 Å². The van der Waals surface area contributed by atoms with Crippen LogP contribution in [-0.4, -0.2) is 30.7 Å². The SMILES string of the molecule is CCOC(=O)c1ccc(OCCOc2cccc([N+](=O)[O-])c2)cc1. The van der Waals surface area contributed by atoms with Gasteiger partial charge in [-0.1, -0.05) is 6.07 Å². The summed E-state index contributed by atoms with van der Waals surface area (Å²) < 4.78 is 15.8. The molecule has 0 atom stereocenters. The summed E-state index contributed by atoms with van der Waals surface area (Å²) in [5.41, 5.74) is 0.431. The molecule has 126 valence electrons. The van der Waals surface area contributed by atoms with E-state index in [-0.39, 0.29) is 24.9 Å². The monoisotopic (exact) mass is 331 g/mol. The normalized spacial score (nSPS) is 10.0. The topological polar surface area (TPSA) is 87.9 Å². The highest BCUT2D eigenvalue weighted by molar-refractivity contribution is 5.89. The molecule has 24 heavy (non-hydrogen) atoms. The molecule has 7 nitrogen and oxygen atoms in total. The highest BCUT2D eigenvalue weighted by Crippen LogP contribution is 2.19. The smallest absolute Gasteiger partial charge is 0.338 e. The first-order chi connectivity index (χ1) is 11.6. The van der Waals surface area contributed by atoms with Gasteiger partial charge in [-0.3, -0.25) is 10.1 Å². The maximum atomic E-state index is 11.5. The van der Waals surface area contributed by atoms with E-state index in [1.54, 1.807) is 43.3 Å². The van der Waals surface area contributed by atoms with Gasteiger partial charge in [0.05, 0.1) is 23.2 Å². The number of carbonyl (C=O) groups is 1. The molecule has 0 aliphatic carbocycles. The Morgan fingerprint density at radius 1 is 1.04 bits per heavy atom. The summed E-state index contributed by atoms with van der Waals surface area (Å²) in [6.45, 7) is 2.57. The van der Waals surface area contributed by atoms with Crippen molar-refractivity contribution >= 4 is 11.7 Å². The van der Waals surface area contributed by atoms with Gasteiger partial charge in [0.2, 0.25) is 0 Å². The van der Waals surface area contributed by atoms with Gasteiger partial charge in [0.25, 0.3) is 5.69 Å². The van der Waals surface area contributed by atoms with E-state index in [2.05, 4.69) is 0 Å². The van der Waals surface area contributed by atoms with Crippen LogP contribution in [0.25, 0.3) is 0 Å². The summed E-state index contributed by atoms with van der Waals surface area (Å²) in [7, 11) is 0. The van der Waals surface area contributed by atoms with Crippen molar-refractivity contribution in [3.05, 3.63) is 64.2 Å². The Balaban J connectivity index is 1.79. The van der Waals surface area contributed by atoms with Crippen molar-refractivity contribution in [2.45, 2.75) is 6.92 Å². The second-order valence-corrected chi connectivity index (χ2v) is 4.70. The average molecular weight is 331 g/mol. The van der Waals surface area contributed by atoms with Gasteiger partial charge < -0.3 is 14.2 Å². The molecule has 0 aliphatic heterocycles. The highest BCUT2D eigenvalue weighted by Gasteiger charge is 2.07. The van der Waals surface area contributed by atoms with Crippen molar-refractivity contribution in [2.75, 3.05) is 19.8 Å². The number of hydrogen-bond donors (Lipinski definition) is 0. The minimum absolute atomic E-state index is 0.0250. The molecule has 2 rings (SSSR count). The molecule has 0 radical (unpaired) electrons. The van der Waals surface area contributed by atoms with E-state index in [1.807, 2.05) is 0 Å². The lowest BCUT2D eigenvalue weighted by Crippen LogP contribution is -2.09. The number of benzene rings is 2. The number of ether oxygens (including phenoxy) is 3. The third kappa shape index (κ3) is 4.98. The van der Waals surface area contributed by atoms with Crippen molar-refractivity contribution in [3.8, 4) is 11.5 Å². The Bertz CT molecular complexity index is 698. The molecule has 7 heteroatoms. The Morgan fingerprint density at radius 3 is 2.33 bits per heavy atom. The quantitative estimate of drug-likeness (QED) is 0.319. The number of nitro groups is 1. The van der Waals surface area contributed by atoms with Crippen LogP contribution in [0.3, 0.4) is 0 Å². The molecule has 0 saturated heterocycles. The van der Waals surface area contributed by atoms with Gasteiger partial charge in [-0.25, -0.2) is 4.79 Å². The molecule has 0 unspecified atom stereocenters. The molecule has 0 heterocycles. The molecule has 2 aromatic carbocycles. The van der Waals surface area contributed by atoms with E-state index in [0.717, 1.165) is 0 Å². The Hall–Kier alpha value is -3.09. The molecule has 0 spiro atoms. The Kier molecular flexibility index (Phi) is 6.13. The molecule has 0 aliphatic rings. The Labute approximate surface area is 138 Å². The summed E-state index contributed by atoms with van der Waals surface area (Å²) >= 11 is 0. The van der Waals surface area contributed by atoms with E-state index in [9.17, 15) is 14.9 Å². The number of rotatable bonds is 8. The fourth-order valence-corrected chi connectivity index (χ4v) is 1.91. The van der Waals surface area contributed by atoms with Crippen LogP contribution in [0.1, 0.15) is 17.3 Å². The van der Waals surface area contributed by atoms with Crippen LogP contribution in [0, 0.1) is 10.1 Å². The van der Waals surface area contributed by atoms with Crippen molar-refractivity contribution < 1.29 is 23.9 Å². The molecular weight excluding hydrogens is 314 g/mol. The number of nitrogens with zero attached hydrogens (tertiary/aromatic N) is 1. The van der Waals surface area contributed by atoms with Gasteiger partial charge in [-0.2, -0.15) is 0 Å². The van der Waals surface area contributed by atoms with E-state index >= 15 is 0 Å². The van der Waals surface area contributed by atoms with Crippen molar-refractivity contribution in [2.24, 2.45) is 0 Å².